The van der Waals surface area contributed by atoms with Crippen LogP contribution < -0.4 is 11.1 Å². The number of rotatable bonds is 10. The first-order valence-electron chi connectivity index (χ1n) is 11.7. The smallest absolute Gasteiger partial charge is 0.408 e. The SMILES string of the molecule is CC(C)CN(C[C@@H](O)[C@@](C)(NC(=O)OC1CCOC1)c1ccccc1)S(=O)(=O)c1ccc(N)cc1. The van der Waals surface area contributed by atoms with Crippen molar-refractivity contribution < 1.29 is 27.8 Å². The van der Waals surface area contributed by atoms with E-state index in [1.165, 1.54) is 28.6 Å². The zero-order valence-electron chi connectivity index (χ0n) is 20.4. The number of nitrogens with two attached hydrogens (primary N) is 1. The first kappa shape index (κ1) is 26.9. The van der Waals surface area contributed by atoms with Gasteiger partial charge in [-0.1, -0.05) is 44.2 Å². The molecule has 3 atom stereocenters. The molecule has 9 nitrogen and oxygen atoms in total. The summed E-state index contributed by atoms with van der Waals surface area (Å²) < 4.78 is 38.9. The molecule has 4 N–H and O–H groups in total. The highest BCUT2D eigenvalue weighted by Gasteiger charge is 2.40. The lowest BCUT2D eigenvalue weighted by Crippen LogP contribution is -2.56. The fourth-order valence-electron chi connectivity index (χ4n) is 3.97. The van der Waals surface area contributed by atoms with Crippen LogP contribution in [0.25, 0.3) is 0 Å². The molecule has 1 aliphatic heterocycles. The monoisotopic (exact) mass is 505 g/mol. The summed E-state index contributed by atoms with van der Waals surface area (Å²) in [5, 5.41) is 14.2. The van der Waals surface area contributed by atoms with Gasteiger partial charge in [-0.05, 0) is 42.7 Å². The van der Waals surface area contributed by atoms with Crippen molar-refractivity contribution in [1.82, 2.24) is 9.62 Å². The number of nitrogens with zero attached hydrogens (tertiary/aromatic N) is 1. The highest BCUT2D eigenvalue weighted by molar-refractivity contribution is 7.89. The first-order chi connectivity index (χ1) is 16.5. The summed E-state index contributed by atoms with van der Waals surface area (Å²) >= 11 is 0. The Hall–Kier alpha value is -2.66. The Balaban J connectivity index is 1.89. The average Bonchev–Trinajstić information content (AvgIpc) is 3.32. The number of aliphatic hydroxyl groups is 1. The second-order valence-electron chi connectivity index (χ2n) is 9.38. The number of nitrogens with one attached hydrogen (secondary N) is 1. The fourth-order valence-corrected chi connectivity index (χ4v) is 5.58. The molecule has 35 heavy (non-hydrogen) atoms. The second kappa shape index (κ2) is 11.4. The molecule has 1 heterocycles. The Morgan fingerprint density at radius 2 is 1.86 bits per heavy atom. The molecule has 2 aromatic rings. The van der Waals surface area contributed by atoms with Crippen LogP contribution >= 0.6 is 0 Å². The van der Waals surface area contributed by atoms with E-state index in [0.717, 1.165) is 0 Å². The van der Waals surface area contributed by atoms with E-state index in [4.69, 9.17) is 15.2 Å². The number of nitrogen functional groups attached to an aromatic ring is 1. The quantitative estimate of drug-likeness (QED) is 0.423. The number of aliphatic hydroxyl groups excluding tert-OH is 1. The van der Waals surface area contributed by atoms with Crippen molar-refractivity contribution in [2.45, 2.75) is 49.8 Å². The summed E-state index contributed by atoms with van der Waals surface area (Å²) in [6, 6.07) is 14.9. The van der Waals surface area contributed by atoms with E-state index < -0.39 is 27.8 Å². The molecule has 10 heteroatoms. The van der Waals surface area contributed by atoms with Crippen molar-refractivity contribution in [1.29, 1.82) is 0 Å². The summed E-state index contributed by atoms with van der Waals surface area (Å²) in [7, 11) is -3.94. The third-order valence-electron chi connectivity index (χ3n) is 6.03. The predicted octanol–water partition coefficient (Wildman–Crippen LogP) is 2.71. The maximum Gasteiger partial charge on any atom is 0.408 e. The van der Waals surface area contributed by atoms with Crippen LogP contribution in [-0.4, -0.2) is 62.4 Å². The normalized spacial score (nSPS) is 18.9. The first-order valence-corrected chi connectivity index (χ1v) is 13.1. The van der Waals surface area contributed by atoms with Gasteiger partial charge in [0.2, 0.25) is 10.0 Å². The lowest BCUT2D eigenvalue weighted by Gasteiger charge is -2.38. The molecule has 1 amide bonds. The van der Waals surface area contributed by atoms with Gasteiger partial charge >= 0.3 is 6.09 Å². The van der Waals surface area contributed by atoms with E-state index >= 15 is 0 Å². The van der Waals surface area contributed by atoms with Crippen molar-refractivity contribution in [3.8, 4) is 0 Å². The Labute approximate surface area is 207 Å². The van der Waals surface area contributed by atoms with Crippen LogP contribution in [0.15, 0.2) is 59.5 Å². The minimum atomic E-state index is -3.94. The van der Waals surface area contributed by atoms with Crippen LogP contribution in [0, 0.1) is 5.92 Å². The van der Waals surface area contributed by atoms with Gasteiger partial charge in [0.1, 0.15) is 6.10 Å². The Bertz CT molecular complexity index is 1070. The summed E-state index contributed by atoms with van der Waals surface area (Å²) in [4.78, 5) is 12.8. The third-order valence-corrected chi connectivity index (χ3v) is 7.87. The van der Waals surface area contributed by atoms with E-state index in [1.54, 1.807) is 31.2 Å². The zero-order chi connectivity index (χ0) is 25.6. The molecule has 1 fully saturated rings. The fraction of sp³-hybridized carbons (Fsp3) is 0.480. The number of benzene rings is 2. The lowest BCUT2D eigenvalue weighted by atomic mass is 9.86. The third kappa shape index (κ3) is 6.72. The van der Waals surface area contributed by atoms with Crippen LogP contribution in [0.5, 0.6) is 0 Å². The van der Waals surface area contributed by atoms with Gasteiger partial charge in [-0.2, -0.15) is 4.31 Å². The number of hydrogen-bond donors (Lipinski definition) is 3. The topological polar surface area (TPSA) is 131 Å². The lowest BCUT2D eigenvalue weighted by molar-refractivity contribution is 0.0332. The minimum absolute atomic E-state index is 0.00553. The molecule has 0 bridgehead atoms. The van der Waals surface area contributed by atoms with Crippen LogP contribution in [-0.2, 0) is 25.0 Å². The molecular formula is C25H35N3O6S. The predicted molar refractivity (Wildman–Crippen MR) is 133 cm³/mol. The molecule has 0 saturated carbocycles. The summed E-state index contributed by atoms with van der Waals surface area (Å²) in [6.45, 7) is 6.22. The summed E-state index contributed by atoms with van der Waals surface area (Å²) in [6.07, 6.45) is -1.77. The van der Waals surface area contributed by atoms with Gasteiger partial charge < -0.3 is 25.6 Å². The highest BCUT2D eigenvalue weighted by atomic mass is 32.2. The van der Waals surface area contributed by atoms with Gasteiger partial charge in [-0.15, -0.1) is 0 Å². The van der Waals surface area contributed by atoms with E-state index in [0.29, 0.717) is 30.9 Å². The van der Waals surface area contributed by atoms with Crippen molar-refractivity contribution >= 4 is 21.8 Å². The van der Waals surface area contributed by atoms with E-state index in [2.05, 4.69) is 5.32 Å². The number of alkyl carbamates (subject to hydrolysis) is 1. The van der Waals surface area contributed by atoms with Crippen LogP contribution in [0.2, 0.25) is 0 Å². The van der Waals surface area contributed by atoms with Gasteiger partial charge in [0, 0.05) is 25.2 Å². The summed E-state index contributed by atoms with van der Waals surface area (Å²) in [5.41, 5.74) is 5.46. The molecule has 0 radical (unpaired) electrons. The molecule has 1 saturated heterocycles. The average molecular weight is 506 g/mol. The van der Waals surface area contributed by atoms with Gasteiger partial charge in [-0.25, -0.2) is 13.2 Å². The number of sulfonamides is 1. The van der Waals surface area contributed by atoms with E-state index in [9.17, 15) is 18.3 Å². The van der Waals surface area contributed by atoms with Crippen molar-refractivity contribution in [3.05, 3.63) is 60.2 Å². The molecule has 0 aliphatic carbocycles. The van der Waals surface area contributed by atoms with Crippen molar-refractivity contribution in [3.63, 3.8) is 0 Å². The molecule has 2 aromatic carbocycles. The second-order valence-corrected chi connectivity index (χ2v) is 11.3. The highest BCUT2D eigenvalue weighted by Crippen LogP contribution is 2.28. The van der Waals surface area contributed by atoms with Crippen molar-refractivity contribution in [2.75, 3.05) is 32.0 Å². The minimum Gasteiger partial charge on any atom is -0.444 e. The van der Waals surface area contributed by atoms with E-state index in [-0.39, 0.29) is 30.0 Å². The van der Waals surface area contributed by atoms with Gasteiger partial charge in [0.05, 0.1) is 29.8 Å². The van der Waals surface area contributed by atoms with Crippen molar-refractivity contribution in [2.24, 2.45) is 5.92 Å². The maximum atomic E-state index is 13.5. The Kier molecular flexibility index (Phi) is 8.76. The number of carbonyl (C=O) groups excluding carboxylic acids is 1. The number of carbonyl (C=O) groups is 1. The molecule has 3 rings (SSSR count). The summed E-state index contributed by atoms with van der Waals surface area (Å²) in [5.74, 6) is -0.00553. The van der Waals surface area contributed by atoms with Gasteiger partial charge in [0.25, 0.3) is 0 Å². The number of anilines is 1. The Morgan fingerprint density at radius 3 is 2.43 bits per heavy atom. The molecule has 192 valence electrons. The van der Waals surface area contributed by atoms with Gasteiger partial charge in [0.15, 0.2) is 0 Å². The standard InChI is InChI=1S/C25H35N3O6S/c1-18(2)15-28(35(31,32)22-11-9-20(26)10-12-22)16-23(29)25(3,19-7-5-4-6-8-19)27-24(30)34-21-13-14-33-17-21/h4-12,18,21,23,29H,13-17,26H2,1-3H3,(H,27,30)/t21?,23-,25+/m1/s1. The molecular weight excluding hydrogens is 470 g/mol. The molecule has 1 unspecified atom stereocenters. The van der Waals surface area contributed by atoms with Crippen LogP contribution in [0.1, 0.15) is 32.8 Å². The van der Waals surface area contributed by atoms with Crippen LogP contribution in [0.3, 0.4) is 0 Å². The Morgan fingerprint density at radius 1 is 1.20 bits per heavy atom. The number of ether oxygens (including phenoxy) is 2. The molecule has 0 spiro atoms. The molecule has 1 aliphatic rings. The van der Waals surface area contributed by atoms with Gasteiger partial charge in [-0.3, -0.25) is 0 Å². The largest absolute Gasteiger partial charge is 0.444 e. The molecule has 0 aromatic heterocycles. The van der Waals surface area contributed by atoms with Crippen LogP contribution in [0.4, 0.5) is 10.5 Å². The zero-order valence-corrected chi connectivity index (χ0v) is 21.2. The maximum absolute atomic E-state index is 13.5. The number of hydrogen-bond acceptors (Lipinski definition) is 7. The van der Waals surface area contributed by atoms with E-state index in [1.807, 2.05) is 19.9 Å². The number of amides is 1.